The van der Waals surface area contributed by atoms with Crippen LogP contribution in [0.25, 0.3) is 55.7 Å². The van der Waals surface area contributed by atoms with Crippen LogP contribution in [0.4, 0.5) is 10.1 Å². The summed E-state index contributed by atoms with van der Waals surface area (Å²) in [6, 6.07) is 14.2. The largest absolute Gasteiger partial charge is 0.353 e. The molecule has 1 aromatic carbocycles. The average Bonchev–Trinajstić information content (AvgIpc) is 3.61. The van der Waals surface area contributed by atoms with Gasteiger partial charge in [0.15, 0.2) is 0 Å². The number of pyridine rings is 3. The van der Waals surface area contributed by atoms with Crippen molar-refractivity contribution in [1.29, 1.82) is 0 Å². The molecule has 5 heterocycles. The number of carbonyl (C=O) groups is 1. The molecule has 1 amide bonds. The highest BCUT2D eigenvalue weighted by atomic mass is 19.1. The fourth-order valence-electron chi connectivity index (χ4n) is 5.58. The Morgan fingerprint density at radius 2 is 1.75 bits per heavy atom. The summed E-state index contributed by atoms with van der Waals surface area (Å²) in [5.74, 6) is -0.184. The van der Waals surface area contributed by atoms with Crippen LogP contribution in [0.1, 0.15) is 32.1 Å². The number of anilines is 1. The minimum atomic E-state index is -0.308. The third-order valence-corrected chi connectivity index (χ3v) is 7.63. The lowest BCUT2D eigenvalue weighted by atomic mass is 9.88. The van der Waals surface area contributed by atoms with Crippen molar-refractivity contribution in [3.63, 3.8) is 0 Å². The van der Waals surface area contributed by atoms with Crippen molar-refractivity contribution in [3.8, 4) is 33.9 Å². The van der Waals surface area contributed by atoms with E-state index in [1.54, 1.807) is 30.9 Å². The van der Waals surface area contributed by atoms with Gasteiger partial charge in [-0.15, -0.1) is 0 Å². The van der Waals surface area contributed by atoms with E-state index in [-0.39, 0.29) is 17.6 Å². The molecule has 0 spiro atoms. The lowest BCUT2D eigenvalue weighted by Crippen LogP contribution is -2.24. The van der Waals surface area contributed by atoms with Crippen LogP contribution in [-0.4, -0.2) is 36.0 Å². The van der Waals surface area contributed by atoms with Crippen molar-refractivity contribution in [3.05, 3.63) is 79.1 Å². The van der Waals surface area contributed by atoms with Gasteiger partial charge in [-0.1, -0.05) is 31.4 Å². The first-order valence-electron chi connectivity index (χ1n) is 13.5. The second-order valence-electron chi connectivity index (χ2n) is 10.3. The Morgan fingerprint density at radius 3 is 2.62 bits per heavy atom. The monoisotopic (exact) mass is 531 g/mol. The van der Waals surface area contributed by atoms with Gasteiger partial charge in [-0.05, 0) is 49.2 Å². The predicted octanol–water partition coefficient (Wildman–Crippen LogP) is 6.89. The first-order valence-corrected chi connectivity index (χ1v) is 13.5. The Hall–Kier alpha value is -4.92. The molecule has 7 rings (SSSR count). The van der Waals surface area contributed by atoms with Gasteiger partial charge in [-0.2, -0.15) is 5.10 Å². The molecule has 40 heavy (non-hydrogen) atoms. The molecular weight excluding hydrogens is 505 g/mol. The summed E-state index contributed by atoms with van der Waals surface area (Å²) in [6.07, 6.45) is 12.2. The van der Waals surface area contributed by atoms with Gasteiger partial charge in [0.1, 0.15) is 11.5 Å². The normalized spacial score (nSPS) is 14.1. The standard InChI is InChI=1S/C31H26FN7O/c32-21-8-4-7-19(11-21)29-23-14-27(37-25(23)9-10-34-29)30-24-13-26(35-17-28(24)38-39-30)20-12-22(16-33-15-20)36-31(40)18-5-2-1-3-6-18/h4,7-18,37H,1-3,5-6H2,(H,36,40)(H,38,39). The maximum Gasteiger partial charge on any atom is 0.227 e. The van der Waals surface area contributed by atoms with Crippen LogP contribution in [0, 0.1) is 11.7 Å². The van der Waals surface area contributed by atoms with Gasteiger partial charge in [0, 0.05) is 45.7 Å². The van der Waals surface area contributed by atoms with Gasteiger partial charge in [-0.3, -0.25) is 24.8 Å². The van der Waals surface area contributed by atoms with E-state index in [1.165, 1.54) is 18.6 Å². The van der Waals surface area contributed by atoms with Crippen LogP contribution < -0.4 is 5.32 Å². The van der Waals surface area contributed by atoms with Crippen molar-refractivity contribution < 1.29 is 9.18 Å². The molecule has 1 aliphatic rings. The number of halogens is 1. The molecule has 1 fully saturated rings. The fraction of sp³-hybridized carbons (Fsp3) is 0.194. The molecule has 6 aromatic rings. The van der Waals surface area contributed by atoms with E-state index in [0.29, 0.717) is 16.9 Å². The zero-order valence-electron chi connectivity index (χ0n) is 21.6. The topological polar surface area (TPSA) is 112 Å². The molecule has 198 valence electrons. The first kappa shape index (κ1) is 24.1. The van der Waals surface area contributed by atoms with Crippen LogP contribution >= 0.6 is 0 Å². The summed E-state index contributed by atoms with van der Waals surface area (Å²) >= 11 is 0. The minimum absolute atomic E-state index is 0.0603. The molecule has 0 aliphatic heterocycles. The lowest BCUT2D eigenvalue weighted by molar-refractivity contribution is -0.120. The van der Waals surface area contributed by atoms with Crippen LogP contribution in [0.15, 0.2) is 73.3 Å². The predicted molar refractivity (Wildman–Crippen MR) is 153 cm³/mol. The number of amides is 1. The third-order valence-electron chi connectivity index (χ3n) is 7.63. The maximum atomic E-state index is 13.9. The molecule has 5 aromatic heterocycles. The number of nitrogens with one attached hydrogen (secondary N) is 3. The Labute approximate surface area is 229 Å². The second kappa shape index (κ2) is 10.00. The van der Waals surface area contributed by atoms with E-state index >= 15 is 0 Å². The van der Waals surface area contributed by atoms with Crippen LogP contribution in [0.3, 0.4) is 0 Å². The van der Waals surface area contributed by atoms with E-state index in [9.17, 15) is 9.18 Å². The second-order valence-corrected chi connectivity index (χ2v) is 10.3. The number of hydrogen-bond acceptors (Lipinski definition) is 5. The number of nitrogens with zero attached hydrogens (tertiary/aromatic N) is 4. The van der Waals surface area contributed by atoms with Gasteiger partial charge in [0.05, 0.1) is 40.7 Å². The van der Waals surface area contributed by atoms with Crippen LogP contribution in [0.5, 0.6) is 0 Å². The van der Waals surface area contributed by atoms with Crippen LogP contribution in [-0.2, 0) is 4.79 Å². The Bertz CT molecular complexity index is 1870. The highest BCUT2D eigenvalue weighted by molar-refractivity contribution is 6.00. The molecule has 0 bridgehead atoms. The zero-order chi connectivity index (χ0) is 27.1. The third kappa shape index (κ3) is 4.49. The number of benzene rings is 1. The smallest absolute Gasteiger partial charge is 0.227 e. The van der Waals surface area contributed by atoms with Crippen LogP contribution in [0.2, 0.25) is 0 Å². The molecule has 1 aliphatic carbocycles. The molecule has 0 radical (unpaired) electrons. The van der Waals surface area contributed by atoms with Crippen molar-refractivity contribution in [2.75, 3.05) is 5.32 Å². The number of hydrogen-bond donors (Lipinski definition) is 3. The molecule has 9 heteroatoms. The minimum Gasteiger partial charge on any atom is -0.353 e. The zero-order valence-corrected chi connectivity index (χ0v) is 21.6. The number of fused-ring (bicyclic) bond motifs is 2. The summed E-state index contributed by atoms with van der Waals surface area (Å²) in [4.78, 5) is 29.7. The molecule has 0 unspecified atom stereocenters. The molecule has 3 N–H and O–H groups in total. The highest BCUT2D eigenvalue weighted by Gasteiger charge is 2.21. The van der Waals surface area contributed by atoms with Crippen molar-refractivity contribution in [1.82, 2.24) is 30.1 Å². The van der Waals surface area contributed by atoms with Crippen molar-refractivity contribution in [2.45, 2.75) is 32.1 Å². The SMILES string of the molecule is O=C(Nc1cncc(-c2cc3c(-c4cc5c(-c6cccc(F)c6)nccc5[nH]4)n[nH]c3cn2)c1)C1CCCCC1. The van der Waals surface area contributed by atoms with Crippen molar-refractivity contribution >= 4 is 33.4 Å². The van der Waals surface area contributed by atoms with E-state index in [4.69, 9.17) is 0 Å². The van der Waals surface area contributed by atoms with E-state index in [2.05, 4.69) is 35.5 Å². The van der Waals surface area contributed by atoms with E-state index < -0.39 is 0 Å². The van der Waals surface area contributed by atoms with Gasteiger partial charge >= 0.3 is 0 Å². The number of carbonyl (C=O) groups excluding carboxylic acids is 1. The van der Waals surface area contributed by atoms with Gasteiger partial charge in [0.2, 0.25) is 5.91 Å². The number of H-pyrrole nitrogens is 2. The summed E-state index contributed by atoms with van der Waals surface area (Å²) in [7, 11) is 0. The maximum absolute atomic E-state index is 13.9. The molecule has 0 saturated heterocycles. The summed E-state index contributed by atoms with van der Waals surface area (Å²) in [5, 5.41) is 12.4. The molecular formula is C31H26FN7O. The molecule has 1 saturated carbocycles. The van der Waals surface area contributed by atoms with Gasteiger partial charge in [-0.25, -0.2) is 4.39 Å². The lowest BCUT2D eigenvalue weighted by Gasteiger charge is -2.20. The summed E-state index contributed by atoms with van der Waals surface area (Å²) < 4.78 is 13.9. The fourth-order valence-corrected chi connectivity index (χ4v) is 5.58. The quantitative estimate of drug-likeness (QED) is 0.224. The van der Waals surface area contributed by atoms with Gasteiger partial charge < -0.3 is 10.3 Å². The highest BCUT2D eigenvalue weighted by Crippen LogP contribution is 2.34. The van der Waals surface area contributed by atoms with Crippen molar-refractivity contribution in [2.24, 2.45) is 5.92 Å². The van der Waals surface area contributed by atoms with E-state index in [0.717, 1.165) is 70.1 Å². The number of aromatic amines is 2. The number of rotatable bonds is 5. The van der Waals surface area contributed by atoms with E-state index in [1.807, 2.05) is 30.3 Å². The summed E-state index contributed by atoms with van der Waals surface area (Å²) in [5.41, 5.74) is 6.77. The summed E-state index contributed by atoms with van der Waals surface area (Å²) in [6.45, 7) is 0. The average molecular weight is 532 g/mol. The molecule has 0 atom stereocenters. The number of aromatic nitrogens is 6. The Balaban J connectivity index is 1.23. The molecule has 8 nitrogen and oxygen atoms in total. The first-order chi connectivity index (χ1) is 19.6. The Morgan fingerprint density at radius 1 is 0.875 bits per heavy atom. The van der Waals surface area contributed by atoms with Gasteiger partial charge in [0.25, 0.3) is 0 Å². The Kier molecular flexibility index (Phi) is 6.03.